The van der Waals surface area contributed by atoms with Crippen LogP contribution in [0, 0.1) is 0 Å². The summed E-state index contributed by atoms with van der Waals surface area (Å²) in [5.74, 6) is -0.835. The van der Waals surface area contributed by atoms with Crippen LogP contribution in [0.4, 0.5) is 0 Å². The van der Waals surface area contributed by atoms with E-state index in [2.05, 4.69) is 26.2 Å². The first-order valence-corrected chi connectivity index (χ1v) is 5.70. The number of ether oxygens (including phenoxy) is 1. The van der Waals surface area contributed by atoms with Gasteiger partial charge in [-0.05, 0) is 28.4 Å². The summed E-state index contributed by atoms with van der Waals surface area (Å²) in [6, 6.07) is 1.59. The van der Waals surface area contributed by atoms with Gasteiger partial charge in [0.2, 0.25) is 0 Å². The average molecular weight is 289 g/mol. The minimum Gasteiger partial charge on any atom is -0.451 e. The summed E-state index contributed by atoms with van der Waals surface area (Å²) in [5, 5.41) is 2.61. The second-order valence-electron chi connectivity index (χ2n) is 3.16. The zero-order valence-corrected chi connectivity index (χ0v) is 10.5. The Morgan fingerprint density at radius 3 is 2.88 bits per heavy atom. The van der Waals surface area contributed by atoms with E-state index in [-0.39, 0.29) is 12.5 Å². The fourth-order valence-corrected chi connectivity index (χ4v) is 1.35. The van der Waals surface area contributed by atoms with Gasteiger partial charge in [-0.2, -0.15) is 0 Å². The monoisotopic (exact) mass is 288 g/mol. The van der Waals surface area contributed by atoms with Crippen LogP contribution in [0.1, 0.15) is 23.8 Å². The highest BCUT2D eigenvalue weighted by Crippen LogP contribution is 2.11. The molecule has 0 radical (unpaired) electrons. The molecule has 0 saturated heterocycles. The third-order valence-corrected chi connectivity index (χ3v) is 2.23. The molecule has 0 saturated carbocycles. The van der Waals surface area contributed by atoms with Gasteiger partial charge in [0.1, 0.15) is 5.69 Å². The summed E-state index contributed by atoms with van der Waals surface area (Å²) in [7, 11) is 0. The van der Waals surface area contributed by atoms with Gasteiger partial charge in [-0.1, -0.05) is 6.92 Å². The highest BCUT2D eigenvalue weighted by atomic mass is 79.9. The van der Waals surface area contributed by atoms with Crippen LogP contribution in [0.3, 0.4) is 0 Å². The number of hydrogen-bond donors (Lipinski definition) is 2. The molecule has 6 heteroatoms. The summed E-state index contributed by atoms with van der Waals surface area (Å²) < 4.78 is 5.56. The highest BCUT2D eigenvalue weighted by Gasteiger charge is 2.11. The summed E-state index contributed by atoms with van der Waals surface area (Å²) in [6.07, 6.45) is 2.47. The van der Waals surface area contributed by atoms with E-state index in [1.807, 2.05) is 6.92 Å². The number of rotatable bonds is 5. The molecule has 0 fully saturated rings. The first-order valence-electron chi connectivity index (χ1n) is 4.91. The Morgan fingerprint density at radius 1 is 1.56 bits per heavy atom. The van der Waals surface area contributed by atoms with Gasteiger partial charge in [0.25, 0.3) is 5.91 Å². The topological polar surface area (TPSA) is 71.2 Å². The Balaban J connectivity index is 2.33. The molecule has 88 valence electrons. The van der Waals surface area contributed by atoms with Crippen molar-refractivity contribution in [1.82, 2.24) is 10.3 Å². The van der Waals surface area contributed by atoms with Gasteiger partial charge in [-0.15, -0.1) is 0 Å². The van der Waals surface area contributed by atoms with Gasteiger partial charge < -0.3 is 15.0 Å². The van der Waals surface area contributed by atoms with Gasteiger partial charge in [0, 0.05) is 17.2 Å². The normalized spacial score (nSPS) is 9.88. The van der Waals surface area contributed by atoms with E-state index < -0.39 is 5.97 Å². The average Bonchev–Trinajstić information content (AvgIpc) is 2.69. The molecule has 0 aliphatic heterocycles. The smallest absolute Gasteiger partial charge is 0.355 e. The van der Waals surface area contributed by atoms with Crippen LogP contribution in [-0.4, -0.2) is 30.0 Å². The molecule has 5 nitrogen and oxygen atoms in total. The quantitative estimate of drug-likeness (QED) is 0.806. The number of hydrogen-bond acceptors (Lipinski definition) is 3. The largest absolute Gasteiger partial charge is 0.451 e. The van der Waals surface area contributed by atoms with Crippen molar-refractivity contribution in [3.05, 3.63) is 22.4 Å². The number of H-pyrrole nitrogens is 1. The van der Waals surface area contributed by atoms with Crippen LogP contribution in [0.5, 0.6) is 0 Å². The van der Waals surface area contributed by atoms with E-state index in [9.17, 15) is 9.59 Å². The Labute approximate surface area is 102 Å². The molecule has 0 spiro atoms. The number of amides is 1. The minimum atomic E-state index is -0.544. The molecule has 1 heterocycles. The molecule has 0 unspecified atom stereocenters. The molecule has 1 amide bonds. The van der Waals surface area contributed by atoms with Crippen molar-refractivity contribution in [3.63, 3.8) is 0 Å². The number of esters is 1. The highest BCUT2D eigenvalue weighted by molar-refractivity contribution is 9.10. The predicted octanol–water partition coefficient (Wildman–Crippen LogP) is 1.46. The van der Waals surface area contributed by atoms with Crippen LogP contribution >= 0.6 is 15.9 Å². The molecular weight excluding hydrogens is 276 g/mol. The van der Waals surface area contributed by atoms with Crippen molar-refractivity contribution in [2.75, 3.05) is 13.2 Å². The van der Waals surface area contributed by atoms with E-state index in [1.165, 1.54) is 0 Å². The summed E-state index contributed by atoms with van der Waals surface area (Å²) in [5.41, 5.74) is 0.315. The van der Waals surface area contributed by atoms with Crippen molar-refractivity contribution in [3.8, 4) is 0 Å². The molecule has 1 aromatic rings. The molecule has 0 aromatic carbocycles. The second kappa shape index (κ2) is 6.32. The van der Waals surface area contributed by atoms with Crippen molar-refractivity contribution >= 4 is 27.8 Å². The van der Waals surface area contributed by atoms with Gasteiger partial charge in [0.05, 0.1) is 0 Å². The van der Waals surface area contributed by atoms with Crippen molar-refractivity contribution in [2.45, 2.75) is 13.3 Å². The van der Waals surface area contributed by atoms with Crippen LogP contribution < -0.4 is 5.32 Å². The van der Waals surface area contributed by atoms with E-state index in [4.69, 9.17) is 4.74 Å². The fourth-order valence-electron chi connectivity index (χ4n) is 1.01. The lowest BCUT2D eigenvalue weighted by atomic mass is 10.4. The zero-order chi connectivity index (χ0) is 12.0. The maximum absolute atomic E-state index is 11.4. The van der Waals surface area contributed by atoms with Gasteiger partial charge in [0.15, 0.2) is 6.61 Å². The lowest BCUT2D eigenvalue weighted by molar-refractivity contribution is -0.124. The number of aromatic amines is 1. The molecule has 16 heavy (non-hydrogen) atoms. The molecule has 0 bridgehead atoms. The fraction of sp³-hybridized carbons (Fsp3) is 0.400. The van der Waals surface area contributed by atoms with Crippen LogP contribution in [-0.2, 0) is 9.53 Å². The maximum atomic E-state index is 11.4. The van der Waals surface area contributed by atoms with E-state index in [0.29, 0.717) is 12.2 Å². The molecule has 2 N–H and O–H groups in total. The zero-order valence-electron chi connectivity index (χ0n) is 8.88. The van der Waals surface area contributed by atoms with Gasteiger partial charge in [-0.25, -0.2) is 4.79 Å². The van der Waals surface area contributed by atoms with E-state index in [1.54, 1.807) is 12.3 Å². The van der Waals surface area contributed by atoms with E-state index in [0.717, 1.165) is 10.9 Å². The molecular formula is C10H13BrN2O3. The first kappa shape index (κ1) is 12.8. The molecule has 0 aliphatic carbocycles. The van der Waals surface area contributed by atoms with Crippen LogP contribution in [0.25, 0.3) is 0 Å². The standard InChI is InChI=1S/C10H13BrN2O3/c1-2-3-12-9(14)6-16-10(15)8-4-7(11)5-13-8/h4-5,13H,2-3,6H2,1H3,(H,12,14). The van der Waals surface area contributed by atoms with Crippen LogP contribution in [0.15, 0.2) is 16.7 Å². The third-order valence-electron chi connectivity index (χ3n) is 1.77. The molecule has 1 aromatic heterocycles. The van der Waals surface area contributed by atoms with Crippen LogP contribution in [0.2, 0.25) is 0 Å². The number of carbonyl (C=O) groups excluding carboxylic acids is 2. The number of carbonyl (C=O) groups is 2. The SMILES string of the molecule is CCCNC(=O)COC(=O)c1cc(Br)c[nH]1. The summed E-state index contributed by atoms with van der Waals surface area (Å²) in [4.78, 5) is 25.2. The number of aromatic nitrogens is 1. The number of halogens is 1. The van der Waals surface area contributed by atoms with Crippen molar-refractivity contribution in [1.29, 1.82) is 0 Å². The minimum absolute atomic E-state index is 0.254. The number of nitrogens with one attached hydrogen (secondary N) is 2. The van der Waals surface area contributed by atoms with Crippen molar-refractivity contribution in [2.24, 2.45) is 0 Å². The first-order chi connectivity index (χ1) is 7.63. The van der Waals surface area contributed by atoms with Crippen molar-refractivity contribution < 1.29 is 14.3 Å². The van der Waals surface area contributed by atoms with E-state index >= 15 is 0 Å². The molecule has 1 rings (SSSR count). The second-order valence-corrected chi connectivity index (χ2v) is 4.07. The predicted molar refractivity (Wildman–Crippen MR) is 62.1 cm³/mol. The Kier molecular flexibility index (Phi) is 5.04. The summed E-state index contributed by atoms with van der Waals surface area (Å²) >= 11 is 3.20. The Hall–Kier alpha value is -1.30. The van der Waals surface area contributed by atoms with Gasteiger partial charge in [-0.3, -0.25) is 4.79 Å². The Bertz CT molecular complexity index is 376. The molecule has 0 atom stereocenters. The lowest BCUT2D eigenvalue weighted by Crippen LogP contribution is -2.29. The third kappa shape index (κ3) is 4.06. The Morgan fingerprint density at radius 2 is 2.31 bits per heavy atom. The maximum Gasteiger partial charge on any atom is 0.355 e. The molecule has 0 aliphatic rings. The summed E-state index contributed by atoms with van der Waals surface area (Å²) in [6.45, 7) is 2.28. The van der Waals surface area contributed by atoms with Gasteiger partial charge >= 0.3 is 5.97 Å². The lowest BCUT2D eigenvalue weighted by Gasteiger charge is -2.04.